The summed E-state index contributed by atoms with van der Waals surface area (Å²) in [6.07, 6.45) is 1.66. The van der Waals surface area contributed by atoms with Crippen LogP contribution in [-0.4, -0.2) is 10.5 Å². The number of Topliss-reactive ketones (excluding diaryl/α,β-unsaturated/α-hetero) is 1. The third kappa shape index (κ3) is 1.09. The van der Waals surface area contributed by atoms with Crippen molar-refractivity contribution in [3.63, 3.8) is 0 Å². The quantitative estimate of drug-likeness (QED) is 0.526. The van der Waals surface area contributed by atoms with Gasteiger partial charge in [-0.05, 0) is 13.0 Å². The Kier molecular flexibility index (Phi) is 1.59. The van der Waals surface area contributed by atoms with Gasteiger partial charge in [0.25, 0.3) is 0 Å². The number of nitrogens with two attached hydrogens (primary N) is 1. The lowest BCUT2D eigenvalue weighted by Gasteiger charge is -1.93. The number of ketones is 1. The van der Waals surface area contributed by atoms with Crippen molar-refractivity contribution in [1.29, 1.82) is 0 Å². The van der Waals surface area contributed by atoms with Crippen molar-refractivity contribution in [3.05, 3.63) is 36.0 Å². The lowest BCUT2D eigenvalue weighted by atomic mass is 10.1. The second kappa shape index (κ2) is 2.62. The summed E-state index contributed by atoms with van der Waals surface area (Å²) < 4.78 is 1.48. The Morgan fingerprint density at radius 2 is 2.08 bits per heavy atom. The number of nitrogens with zero attached hydrogens (tertiary/aromatic N) is 1. The Hall–Kier alpha value is -1.77. The van der Waals surface area contributed by atoms with Gasteiger partial charge in [-0.1, -0.05) is 18.2 Å². The monoisotopic (exact) mass is 174 g/mol. The zero-order valence-electron chi connectivity index (χ0n) is 7.32. The number of hydrogen-bond donors (Lipinski definition) is 1. The number of carbonyl (C=O) groups is 1. The van der Waals surface area contributed by atoms with Gasteiger partial charge in [-0.3, -0.25) is 9.47 Å². The minimum Gasteiger partial charge on any atom is -0.339 e. The van der Waals surface area contributed by atoms with Crippen LogP contribution in [0.3, 0.4) is 0 Å². The first-order valence-corrected chi connectivity index (χ1v) is 4.06. The summed E-state index contributed by atoms with van der Waals surface area (Å²) in [7, 11) is 0. The topological polar surface area (TPSA) is 48.0 Å². The molecule has 0 unspecified atom stereocenters. The van der Waals surface area contributed by atoms with E-state index in [-0.39, 0.29) is 5.78 Å². The maximum absolute atomic E-state index is 11.2. The highest BCUT2D eigenvalue weighted by atomic mass is 16.1. The molecule has 0 aliphatic rings. The average Bonchev–Trinajstić information content (AvgIpc) is 2.45. The van der Waals surface area contributed by atoms with E-state index in [1.165, 1.54) is 4.68 Å². The SMILES string of the molecule is CC(=O)c1cn(N)c2ccccc12. The number of nitrogen functional groups attached to an aromatic ring is 1. The highest BCUT2D eigenvalue weighted by molar-refractivity contribution is 6.06. The van der Waals surface area contributed by atoms with Crippen molar-refractivity contribution < 1.29 is 4.79 Å². The molecule has 0 fully saturated rings. The molecule has 0 saturated heterocycles. The summed E-state index contributed by atoms with van der Waals surface area (Å²) in [5.74, 6) is 5.72. The van der Waals surface area contributed by atoms with Gasteiger partial charge in [0.2, 0.25) is 0 Å². The van der Waals surface area contributed by atoms with Crippen molar-refractivity contribution in [1.82, 2.24) is 4.68 Å². The molecule has 0 radical (unpaired) electrons. The van der Waals surface area contributed by atoms with Gasteiger partial charge >= 0.3 is 0 Å². The molecular formula is C10H10N2O. The molecule has 1 heterocycles. The van der Waals surface area contributed by atoms with E-state index < -0.39 is 0 Å². The van der Waals surface area contributed by atoms with E-state index in [0.29, 0.717) is 5.56 Å². The highest BCUT2D eigenvalue weighted by Crippen LogP contribution is 2.19. The van der Waals surface area contributed by atoms with Crippen molar-refractivity contribution in [2.75, 3.05) is 5.84 Å². The molecule has 1 aromatic carbocycles. The van der Waals surface area contributed by atoms with Gasteiger partial charge in [0.1, 0.15) is 0 Å². The number of fused-ring (bicyclic) bond motifs is 1. The number of hydrogen-bond acceptors (Lipinski definition) is 2. The molecule has 2 aromatic rings. The second-order valence-corrected chi connectivity index (χ2v) is 3.02. The molecule has 0 saturated carbocycles. The van der Waals surface area contributed by atoms with Gasteiger partial charge in [-0.25, -0.2) is 0 Å². The zero-order valence-corrected chi connectivity index (χ0v) is 7.32. The Bertz CT molecular complexity index is 471. The van der Waals surface area contributed by atoms with E-state index in [0.717, 1.165) is 10.9 Å². The molecule has 0 aliphatic carbocycles. The van der Waals surface area contributed by atoms with Crippen LogP contribution in [0.2, 0.25) is 0 Å². The van der Waals surface area contributed by atoms with Crippen LogP contribution in [0.15, 0.2) is 30.5 Å². The molecule has 0 spiro atoms. The summed E-state index contributed by atoms with van der Waals surface area (Å²) in [5.41, 5.74) is 1.56. The van der Waals surface area contributed by atoms with Gasteiger partial charge < -0.3 is 5.84 Å². The molecular weight excluding hydrogens is 164 g/mol. The lowest BCUT2D eigenvalue weighted by molar-refractivity contribution is 0.101. The summed E-state index contributed by atoms with van der Waals surface area (Å²) in [6, 6.07) is 7.58. The van der Waals surface area contributed by atoms with E-state index in [9.17, 15) is 4.79 Å². The third-order valence-electron chi connectivity index (χ3n) is 2.12. The van der Waals surface area contributed by atoms with Gasteiger partial charge in [0.15, 0.2) is 5.78 Å². The van der Waals surface area contributed by atoms with Crippen LogP contribution in [0, 0.1) is 0 Å². The van der Waals surface area contributed by atoms with E-state index in [2.05, 4.69) is 0 Å². The lowest BCUT2D eigenvalue weighted by Crippen LogP contribution is -2.05. The smallest absolute Gasteiger partial charge is 0.162 e. The standard InChI is InChI=1S/C10H10N2O/c1-7(13)9-6-12(11)10-5-3-2-4-8(9)10/h2-6H,11H2,1H3. The molecule has 13 heavy (non-hydrogen) atoms. The van der Waals surface area contributed by atoms with E-state index in [4.69, 9.17) is 5.84 Å². The first-order valence-electron chi connectivity index (χ1n) is 4.06. The summed E-state index contributed by atoms with van der Waals surface area (Å²) in [5, 5.41) is 0.914. The fourth-order valence-corrected chi connectivity index (χ4v) is 1.49. The van der Waals surface area contributed by atoms with Crippen LogP contribution >= 0.6 is 0 Å². The minimum atomic E-state index is 0.0420. The average molecular weight is 174 g/mol. The Labute approximate surface area is 75.7 Å². The number of benzene rings is 1. The van der Waals surface area contributed by atoms with Crippen molar-refractivity contribution in [3.8, 4) is 0 Å². The molecule has 2 rings (SSSR count). The van der Waals surface area contributed by atoms with Crippen molar-refractivity contribution in [2.24, 2.45) is 0 Å². The Balaban J connectivity index is 2.85. The molecule has 66 valence electrons. The van der Waals surface area contributed by atoms with E-state index in [1.54, 1.807) is 13.1 Å². The van der Waals surface area contributed by atoms with Crippen molar-refractivity contribution >= 4 is 16.7 Å². The molecule has 0 amide bonds. The number of para-hydroxylation sites is 1. The predicted molar refractivity (Wildman–Crippen MR) is 52.1 cm³/mol. The molecule has 2 N–H and O–H groups in total. The summed E-state index contributed by atoms with van der Waals surface area (Å²) >= 11 is 0. The van der Waals surface area contributed by atoms with Crippen LogP contribution in [0.4, 0.5) is 0 Å². The van der Waals surface area contributed by atoms with Crippen LogP contribution in [0.25, 0.3) is 10.9 Å². The van der Waals surface area contributed by atoms with Crippen LogP contribution in [-0.2, 0) is 0 Å². The van der Waals surface area contributed by atoms with Gasteiger partial charge in [-0.2, -0.15) is 0 Å². The fraction of sp³-hybridized carbons (Fsp3) is 0.100. The molecule has 0 bridgehead atoms. The largest absolute Gasteiger partial charge is 0.339 e. The first-order chi connectivity index (χ1) is 6.20. The van der Waals surface area contributed by atoms with Gasteiger partial charge in [-0.15, -0.1) is 0 Å². The molecule has 3 heteroatoms. The molecule has 0 atom stereocenters. The third-order valence-corrected chi connectivity index (χ3v) is 2.12. The number of aromatic nitrogens is 1. The number of carbonyl (C=O) groups excluding carboxylic acids is 1. The molecule has 0 aliphatic heterocycles. The minimum absolute atomic E-state index is 0.0420. The van der Waals surface area contributed by atoms with Crippen LogP contribution in [0.1, 0.15) is 17.3 Å². The Morgan fingerprint density at radius 1 is 1.38 bits per heavy atom. The Morgan fingerprint density at radius 3 is 2.77 bits per heavy atom. The van der Waals surface area contributed by atoms with E-state index >= 15 is 0 Å². The van der Waals surface area contributed by atoms with Gasteiger partial charge in [0, 0.05) is 17.1 Å². The van der Waals surface area contributed by atoms with Crippen LogP contribution in [0.5, 0.6) is 0 Å². The summed E-state index contributed by atoms with van der Waals surface area (Å²) in [4.78, 5) is 11.2. The normalized spacial score (nSPS) is 10.5. The predicted octanol–water partition coefficient (Wildman–Crippen LogP) is 1.56. The fourth-order valence-electron chi connectivity index (χ4n) is 1.49. The molecule has 3 nitrogen and oxygen atoms in total. The van der Waals surface area contributed by atoms with Crippen LogP contribution < -0.4 is 5.84 Å². The van der Waals surface area contributed by atoms with Gasteiger partial charge in [0.05, 0.1) is 5.52 Å². The van der Waals surface area contributed by atoms with Crippen molar-refractivity contribution in [2.45, 2.75) is 6.92 Å². The van der Waals surface area contributed by atoms with E-state index in [1.807, 2.05) is 24.3 Å². The number of rotatable bonds is 1. The second-order valence-electron chi connectivity index (χ2n) is 3.02. The molecule has 1 aromatic heterocycles. The first kappa shape index (κ1) is 7.86. The highest BCUT2D eigenvalue weighted by Gasteiger charge is 2.08. The maximum Gasteiger partial charge on any atom is 0.162 e. The maximum atomic E-state index is 11.2. The zero-order chi connectivity index (χ0) is 9.42. The summed E-state index contributed by atoms with van der Waals surface area (Å²) in [6.45, 7) is 1.54.